The lowest BCUT2D eigenvalue weighted by atomic mass is 9.78. The van der Waals surface area contributed by atoms with Crippen LogP contribution in [0.4, 0.5) is 4.79 Å². The maximum Gasteiger partial charge on any atom is 0.326 e. The van der Waals surface area contributed by atoms with Crippen LogP contribution in [0.1, 0.15) is 52.9 Å². The molecule has 2 N–H and O–H groups in total. The average Bonchev–Trinajstić information content (AvgIpc) is 2.38. The summed E-state index contributed by atoms with van der Waals surface area (Å²) in [6.07, 6.45) is 4.31. The van der Waals surface area contributed by atoms with E-state index in [0.717, 1.165) is 25.7 Å². The van der Waals surface area contributed by atoms with Gasteiger partial charge in [0.05, 0.1) is 0 Å². The minimum Gasteiger partial charge on any atom is -0.480 e. The highest BCUT2D eigenvalue weighted by molar-refractivity contribution is 5.82. The van der Waals surface area contributed by atoms with Crippen LogP contribution in [-0.4, -0.2) is 41.1 Å². The molecule has 0 spiro atoms. The second-order valence-electron chi connectivity index (χ2n) is 5.78. The second kappa shape index (κ2) is 6.78. The molecule has 5 heteroatoms. The number of nitrogens with one attached hydrogen (secondary N) is 1. The molecule has 1 fully saturated rings. The Kier molecular flexibility index (Phi) is 5.63. The maximum atomic E-state index is 12.0. The number of hydrogen-bond donors (Lipinski definition) is 2. The molecule has 1 heterocycles. The zero-order chi connectivity index (χ0) is 14.5. The van der Waals surface area contributed by atoms with Gasteiger partial charge in [-0.3, -0.25) is 0 Å². The minimum atomic E-state index is -0.953. The Morgan fingerprint density at radius 2 is 1.89 bits per heavy atom. The number of likely N-dealkylation sites (tertiary alicyclic amines) is 1. The number of carbonyl (C=O) groups is 2. The molecule has 0 radical (unpaired) electrons. The molecule has 1 aliphatic rings. The topological polar surface area (TPSA) is 69.6 Å². The van der Waals surface area contributed by atoms with Crippen molar-refractivity contribution in [3.05, 3.63) is 0 Å². The van der Waals surface area contributed by atoms with E-state index in [0.29, 0.717) is 24.9 Å². The zero-order valence-corrected chi connectivity index (χ0v) is 12.2. The molecule has 1 atom stereocenters. The van der Waals surface area contributed by atoms with Crippen molar-refractivity contribution in [1.29, 1.82) is 0 Å². The molecular formula is C14H26N2O3. The zero-order valence-electron chi connectivity index (χ0n) is 12.2. The first-order valence-electron chi connectivity index (χ1n) is 7.20. The number of rotatable bonds is 5. The van der Waals surface area contributed by atoms with Gasteiger partial charge in [0.2, 0.25) is 0 Å². The third-order valence-electron chi connectivity index (χ3n) is 4.28. The number of urea groups is 1. The van der Waals surface area contributed by atoms with Crippen LogP contribution >= 0.6 is 0 Å². The fraction of sp³-hybridized carbons (Fsp3) is 0.857. The fourth-order valence-corrected chi connectivity index (χ4v) is 2.39. The number of piperidine rings is 1. The smallest absolute Gasteiger partial charge is 0.326 e. The van der Waals surface area contributed by atoms with Crippen molar-refractivity contribution in [3.63, 3.8) is 0 Å². The summed E-state index contributed by atoms with van der Waals surface area (Å²) >= 11 is 0. The van der Waals surface area contributed by atoms with Gasteiger partial charge in [0.1, 0.15) is 6.04 Å². The molecule has 19 heavy (non-hydrogen) atoms. The first-order chi connectivity index (χ1) is 8.91. The van der Waals surface area contributed by atoms with Crippen molar-refractivity contribution in [2.75, 3.05) is 13.1 Å². The summed E-state index contributed by atoms with van der Waals surface area (Å²) in [4.78, 5) is 24.8. The van der Waals surface area contributed by atoms with Crippen molar-refractivity contribution in [3.8, 4) is 0 Å². The number of hydrogen-bond acceptors (Lipinski definition) is 2. The van der Waals surface area contributed by atoms with Crippen LogP contribution in [-0.2, 0) is 4.79 Å². The van der Waals surface area contributed by atoms with Crippen molar-refractivity contribution >= 4 is 12.0 Å². The first-order valence-corrected chi connectivity index (χ1v) is 7.20. The van der Waals surface area contributed by atoms with E-state index in [9.17, 15) is 9.59 Å². The van der Waals surface area contributed by atoms with Gasteiger partial charge in [-0.1, -0.05) is 33.6 Å². The van der Waals surface area contributed by atoms with Gasteiger partial charge in [0.15, 0.2) is 0 Å². The lowest BCUT2D eigenvalue weighted by molar-refractivity contribution is -0.139. The van der Waals surface area contributed by atoms with Crippen molar-refractivity contribution in [2.24, 2.45) is 5.41 Å². The van der Waals surface area contributed by atoms with Gasteiger partial charge in [-0.2, -0.15) is 0 Å². The molecule has 110 valence electrons. The number of aliphatic carboxylic acids is 1. The monoisotopic (exact) mass is 270 g/mol. The number of carbonyl (C=O) groups excluding carboxylic acids is 1. The summed E-state index contributed by atoms with van der Waals surface area (Å²) in [6, 6.07) is -1.00. The highest BCUT2D eigenvalue weighted by Crippen LogP contribution is 2.33. The van der Waals surface area contributed by atoms with Gasteiger partial charge in [-0.15, -0.1) is 0 Å². The van der Waals surface area contributed by atoms with Crippen molar-refractivity contribution in [2.45, 2.75) is 58.9 Å². The van der Waals surface area contributed by atoms with Gasteiger partial charge in [-0.05, 0) is 24.7 Å². The molecule has 0 aromatic heterocycles. The standard InChI is InChI=1S/C14H26N2O3/c1-4-6-11(12(17)18)15-13(19)16-9-7-14(3,5-2)8-10-16/h11H,4-10H2,1-3H3,(H,15,19)(H,17,18)/t11-/m0/s1. The summed E-state index contributed by atoms with van der Waals surface area (Å²) in [5, 5.41) is 11.7. The summed E-state index contributed by atoms with van der Waals surface area (Å²) in [5.41, 5.74) is 0.326. The van der Waals surface area contributed by atoms with Crippen LogP contribution in [0.5, 0.6) is 0 Å². The molecule has 5 nitrogen and oxygen atoms in total. The van der Waals surface area contributed by atoms with Crippen LogP contribution < -0.4 is 5.32 Å². The Bertz CT molecular complexity index is 323. The predicted molar refractivity (Wildman–Crippen MR) is 74.1 cm³/mol. The van der Waals surface area contributed by atoms with Gasteiger partial charge in [0, 0.05) is 13.1 Å². The maximum absolute atomic E-state index is 12.0. The Hall–Kier alpha value is -1.26. The molecule has 2 amide bonds. The number of carboxylic acid groups (broad SMARTS) is 1. The second-order valence-corrected chi connectivity index (χ2v) is 5.78. The largest absolute Gasteiger partial charge is 0.480 e. The number of amides is 2. The number of carboxylic acids is 1. The minimum absolute atomic E-state index is 0.237. The molecule has 0 bridgehead atoms. The molecule has 0 aliphatic carbocycles. The highest BCUT2D eigenvalue weighted by Gasteiger charge is 2.31. The van der Waals surface area contributed by atoms with E-state index in [4.69, 9.17) is 5.11 Å². The Morgan fingerprint density at radius 1 is 1.32 bits per heavy atom. The van der Waals surface area contributed by atoms with E-state index in [-0.39, 0.29) is 6.03 Å². The van der Waals surface area contributed by atoms with E-state index >= 15 is 0 Å². The summed E-state index contributed by atoms with van der Waals surface area (Å²) < 4.78 is 0. The first kappa shape index (κ1) is 15.8. The fourth-order valence-electron chi connectivity index (χ4n) is 2.39. The summed E-state index contributed by atoms with van der Waals surface area (Å²) in [5.74, 6) is -0.953. The van der Waals surface area contributed by atoms with Crippen LogP contribution in [0.3, 0.4) is 0 Å². The van der Waals surface area contributed by atoms with E-state index in [1.807, 2.05) is 6.92 Å². The van der Waals surface area contributed by atoms with Gasteiger partial charge < -0.3 is 15.3 Å². The SMILES string of the molecule is CCC[C@H](NC(=O)N1CCC(C)(CC)CC1)C(=O)O. The molecule has 0 unspecified atom stereocenters. The van der Waals surface area contributed by atoms with Gasteiger partial charge in [-0.25, -0.2) is 9.59 Å². The quantitative estimate of drug-likeness (QED) is 0.806. The Balaban J connectivity index is 2.49. The summed E-state index contributed by atoms with van der Waals surface area (Å²) in [6.45, 7) is 7.77. The molecular weight excluding hydrogens is 244 g/mol. The molecule has 1 saturated heterocycles. The number of nitrogens with zero attached hydrogens (tertiary/aromatic N) is 1. The molecule has 0 saturated carbocycles. The van der Waals surface area contributed by atoms with Crippen LogP contribution in [0.25, 0.3) is 0 Å². The molecule has 0 aromatic carbocycles. The molecule has 1 aliphatic heterocycles. The van der Waals surface area contributed by atoms with Gasteiger partial charge >= 0.3 is 12.0 Å². The lowest BCUT2D eigenvalue weighted by Crippen LogP contribution is -2.51. The van der Waals surface area contributed by atoms with Crippen molar-refractivity contribution in [1.82, 2.24) is 10.2 Å². The summed E-state index contributed by atoms with van der Waals surface area (Å²) in [7, 11) is 0. The van der Waals surface area contributed by atoms with Gasteiger partial charge in [0.25, 0.3) is 0 Å². The average molecular weight is 270 g/mol. The lowest BCUT2D eigenvalue weighted by Gasteiger charge is -2.39. The van der Waals surface area contributed by atoms with E-state index in [2.05, 4.69) is 19.2 Å². The Labute approximate surface area is 115 Å². The molecule has 1 rings (SSSR count). The van der Waals surface area contributed by atoms with Crippen LogP contribution in [0.15, 0.2) is 0 Å². The van der Waals surface area contributed by atoms with Crippen LogP contribution in [0, 0.1) is 5.41 Å². The van der Waals surface area contributed by atoms with E-state index in [1.165, 1.54) is 0 Å². The van der Waals surface area contributed by atoms with Crippen molar-refractivity contribution < 1.29 is 14.7 Å². The van der Waals surface area contributed by atoms with E-state index < -0.39 is 12.0 Å². The molecule has 0 aromatic rings. The predicted octanol–water partition coefficient (Wildman–Crippen LogP) is 2.46. The third kappa shape index (κ3) is 4.40. The Morgan fingerprint density at radius 3 is 2.32 bits per heavy atom. The third-order valence-corrected chi connectivity index (χ3v) is 4.28. The highest BCUT2D eigenvalue weighted by atomic mass is 16.4. The normalized spacial score (nSPS) is 19.8. The van der Waals surface area contributed by atoms with E-state index in [1.54, 1.807) is 4.90 Å². The van der Waals surface area contributed by atoms with Crippen LogP contribution in [0.2, 0.25) is 0 Å².